The van der Waals surface area contributed by atoms with Gasteiger partial charge in [-0.1, -0.05) is 11.6 Å². The van der Waals surface area contributed by atoms with Gasteiger partial charge in [-0.3, -0.25) is 14.5 Å². The predicted molar refractivity (Wildman–Crippen MR) is 175 cm³/mol. The highest BCUT2D eigenvalue weighted by molar-refractivity contribution is 6.31. The zero-order valence-corrected chi connectivity index (χ0v) is 26.6. The Morgan fingerprint density at radius 1 is 1.00 bits per heavy atom. The number of nitrogens with one attached hydrogen (secondary N) is 1. The maximum atomic E-state index is 14.2. The van der Waals surface area contributed by atoms with Gasteiger partial charge < -0.3 is 30.4 Å². The standard InChI is InChI=1S/C32H35ClFN7O5/c1-19(35)30(42)38-13-15-39(16-14-38)41-29(37-26-11-5-21(33)17-25(26)31(41)43)20(2)40(27-12-10-24(45-3)18-28(27)46-4)32(44)36-23-8-6-22(34)7-9-23/h5-12,17-20H,13-16,35H2,1-4H3,(H,36,44)/t19-,20?/m0/s1. The SMILES string of the molecule is COc1ccc(N(C(=O)Nc2ccc(F)cc2)C(C)c2nc3ccc(Cl)cc3c(=O)n2N2CCN(C(=O)[C@H](C)N)CC2)c(OC)c1. The Morgan fingerprint density at radius 3 is 2.33 bits per heavy atom. The number of rotatable bonds is 8. The Labute approximate surface area is 270 Å². The van der Waals surface area contributed by atoms with Crippen molar-refractivity contribution in [1.29, 1.82) is 0 Å². The molecule has 2 atom stereocenters. The Bertz CT molecular complexity index is 1810. The average molecular weight is 652 g/mol. The summed E-state index contributed by atoms with van der Waals surface area (Å²) >= 11 is 6.28. The zero-order chi connectivity index (χ0) is 33.1. The molecule has 1 fully saturated rings. The molecule has 14 heteroatoms. The molecule has 0 spiro atoms. The Kier molecular flexibility index (Phi) is 9.63. The molecule has 1 aliphatic rings. The highest BCUT2D eigenvalue weighted by Crippen LogP contribution is 2.37. The molecular weight excluding hydrogens is 617 g/mol. The molecule has 3 N–H and O–H groups in total. The first-order valence-corrected chi connectivity index (χ1v) is 15.0. The van der Waals surface area contributed by atoms with Crippen LogP contribution >= 0.6 is 11.6 Å². The molecule has 4 aromatic rings. The molecule has 1 aromatic heterocycles. The van der Waals surface area contributed by atoms with Crippen molar-refractivity contribution in [2.75, 3.05) is 55.6 Å². The second kappa shape index (κ2) is 13.6. The molecule has 1 saturated heterocycles. The second-order valence-corrected chi connectivity index (χ2v) is 11.3. The maximum Gasteiger partial charge on any atom is 0.327 e. The van der Waals surface area contributed by atoms with E-state index in [1.54, 1.807) is 60.2 Å². The quantitative estimate of drug-likeness (QED) is 0.290. The number of amides is 3. The van der Waals surface area contributed by atoms with Crippen LogP contribution in [0.15, 0.2) is 65.5 Å². The monoisotopic (exact) mass is 651 g/mol. The number of aromatic nitrogens is 2. The van der Waals surface area contributed by atoms with Crippen LogP contribution in [0.5, 0.6) is 11.5 Å². The number of carbonyl (C=O) groups is 2. The van der Waals surface area contributed by atoms with Gasteiger partial charge in [-0.25, -0.2) is 18.8 Å². The summed E-state index contributed by atoms with van der Waals surface area (Å²) in [6.45, 7) is 4.64. The largest absolute Gasteiger partial charge is 0.497 e. The minimum atomic E-state index is -0.876. The van der Waals surface area contributed by atoms with Crippen molar-refractivity contribution in [3.8, 4) is 11.5 Å². The summed E-state index contributed by atoms with van der Waals surface area (Å²) in [5, 5.41) is 5.28. The molecule has 46 heavy (non-hydrogen) atoms. The molecule has 3 aromatic carbocycles. The third-order valence-corrected chi connectivity index (χ3v) is 8.03. The van der Waals surface area contributed by atoms with E-state index in [4.69, 9.17) is 31.8 Å². The lowest BCUT2D eigenvalue weighted by Gasteiger charge is -2.39. The van der Waals surface area contributed by atoms with Crippen LogP contribution in [0.25, 0.3) is 10.9 Å². The number of ether oxygens (including phenoxy) is 2. The van der Waals surface area contributed by atoms with Crippen LogP contribution in [0.3, 0.4) is 0 Å². The van der Waals surface area contributed by atoms with Gasteiger partial charge in [-0.2, -0.15) is 0 Å². The number of piperazine rings is 1. The van der Waals surface area contributed by atoms with Gasteiger partial charge >= 0.3 is 6.03 Å². The number of carbonyl (C=O) groups excluding carboxylic acids is 2. The van der Waals surface area contributed by atoms with Crippen molar-refractivity contribution in [3.05, 3.63) is 87.7 Å². The number of benzene rings is 3. The molecule has 1 unspecified atom stereocenters. The fourth-order valence-corrected chi connectivity index (χ4v) is 5.60. The second-order valence-electron chi connectivity index (χ2n) is 10.8. The first-order valence-electron chi connectivity index (χ1n) is 14.6. The summed E-state index contributed by atoms with van der Waals surface area (Å²) in [6.07, 6.45) is 0. The molecule has 0 radical (unpaired) electrons. The molecule has 5 rings (SSSR count). The van der Waals surface area contributed by atoms with Crippen LogP contribution in [0.1, 0.15) is 25.7 Å². The number of nitrogens with zero attached hydrogens (tertiary/aromatic N) is 5. The summed E-state index contributed by atoms with van der Waals surface area (Å²) in [5.74, 6) is 0.444. The van der Waals surface area contributed by atoms with Crippen LogP contribution in [-0.4, -0.2) is 72.9 Å². The first kappa shape index (κ1) is 32.5. The van der Waals surface area contributed by atoms with Crippen molar-refractivity contribution in [1.82, 2.24) is 14.6 Å². The third kappa shape index (κ3) is 6.56. The summed E-state index contributed by atoms with van der Waals surface area (Å²) in [6, 6.07) is 13.1. The third-order valence-electron chi connectivity index (χ3n) is 7.80. The molecular formula is C32H35ClFN7O5. The van der Waals surface area contributed by atoms with Gasteiger partial charge in [-0.15, -0.1) is 0 Å². The lowest BCUT2D eigenvalue weighted by molar-refractivity contribution is -0.132. The Balaban J connectivity index is 1.65. The topological polar surface area (TPSA) is 135 Å². The van der Waals surface area contributed by atoms with Gasteiger partial charge in [0.2, 0.25) is 5.91 Å². The average Bonchev–Trinajstić information content (AvgIpc) is 3.05. The van der Waals surface area contributed by atoms with Gasteiger partial charge in [-0.05, 0) is 68.4 Å². The lowest BCUT2D eigenvalue weighted by atomic mass is 10.1. The lowest BCUT2D eigenvalue weighted by Crippen LogP contribution is -2.58. The maximum absolute atomic E-state index is 14.2. The zero-order valence-electron chi connectivity index (χ0n) is 25.9. The molecule has 0 aliphatic carbocycles. The minimum Gasteiger partial charge on any atom is -0.497 e. The van der Waals surface area contributed by atoms with Crippen molar-refractivity contribution < 1.29 is 23.5 Å². The molecule has 1 aliphatic heterocycles. The first-order chi connectivity index (χ1) is 22.0. The predicted octanol–water partition coefficient (Wildman–Crippen LogP) is 4.13. The number of urea groups is 1. The molecule has 3 amide bonds. The molecule has 0 saturated carbocycles. The number of nitrogens with two attached hydrogens (primary N) is 1. The normalized spacial score (nSPS) is 14.5. The number of hydrogen-bond donors (Lipinski definition) is 2. The van der Waals surface area contributed by atoms with Gasteiger partial charge in [0.15, 0.2) is 5.82 Å². The Morgan fingerprint density at radius 2 is 1.70 bits per heavy atom. The fraction of sp³-hybridized carbons (Fsp3) is 0.312. The van der Waals surface area contributed by atoms with E-state index in [-0.39, 0.29) is 17.3 Å². The highest BCUT2D eigenvalue weighted by Gasteiger charge is 2.33. The summed E-state index contributed by atoms with van der Waals surface area (Å²) in [7, 11) is 2.98. The summed E-state index contributed by atoms with van der Waals surface area (Å²) in [4.78, 5) is 48.9. The number of fused-ring (bicyclic) bond motifs is 1. The highest BCUT2D eigenvalue weighted by atomic mass is 35.5. The smallest absolute Gasteiger partial charge is 0.327 e. The van der Waals surface area contributed by atoms with E-state index in [0.717, 1.165) is 0 Å². The van der Waals surface area contributed by atoms with Gasteiger partial charge in [0.1, 0.15) is 17.3 Å². The van der Waals surface area contributed by atoms with E-state index in [2.05, 4.69) is 5.32 Å². The van der Waals surface area contributed by atoms with Crippen LogP contribution in [-0.2, 0) is 4.79 Å². The van der Waals surface area contributed by atoms with Crippen molar-refractivity contribution in [2.45, 2.75) is 25.9 Å². The molecule has 2 heterocycles. The van der Waals surface area contributed by atoms with Crippen LogP contribution in [0.2, 0.25) is 5.02 Å². The van der Waals surface area contributed by atoms with E-state index < -0.39 is 23.9 Å². The van der Waals surface area contributed by atoms with Gasteiger partial charge in [0.25, 0.3) is 5.56 Å². The molecule has 12 nitrogen and oxygen atoms in total. The Hall–Kier alpha value is -4.88. The van der Waals surface area contributed by atoms with E-state index in [9.17, 15) is 18.8 Å². The number of halogens is 2. The number of hydrogen-bond acceptors (Lipinski definition) is 8. The van der Waals surface area contributed by atoms with Crippen molar-refractivity contribution in [3.63, 3.8) is 0 Å². The van der Waals surface area contributed by atoms with Crippen molar-refractivity contribution in [2.24, 2.45) is 5.73 Å². The summed E-state index contributed by atoms with van der Waals surface area (Å²) < 4.78 is 26.1. The van der Waals surface area contributed by atoms with E-state index in [0.29, 0.717) is 65.0 Å². The molecule has 0 bridgehead atoms. The van der Waals surface area contributed by atoms with Gasteiger partial charge in [0.05, 0.1) is 56.0 Å². The number of methoxy groups -OCH3 is 2. The van der Waals surface area contributed by atoms with E-state index in [1.807, 2.05) is 0 Å². The van der Waals surface area contributed by atoms with Gasteiger partial charge in [0, 0.05) is 29.9 Å². The van der Waals surface area contributed by atoms with E-state index >= 15 is 0 Å². The molecule has 242 valence electrons. The summed E-state index contributed by atoms with van der Waals surface area (Å²) in [5.41, 5.74) is 6.55. The minimum absolute atomic E-state index is 0.181. The van der Waals surface area contributed by atoms with Crippen LogP contribution in [0.4, 0.5) is 20.6 Å². The van der Waals surface area contributed by atoms with Crippen LogP contribution < -0.4 is 36.0 Å². The van der Waals surface area contributed by atoms with Crippen molar-refractivity contribution >= 4 is 45.8 Å². The fourth-order valence-electron chi connectivity index (χ4n) is 5.42. The van der Waals surface area contributed by atoms with Crippen LogP contribution in [0, 0.1) is 5.82 Å². The van der Waals surface area contributed by atoms with E-state index in [1.165, 1.54) is 48.1 Å². The number of anilines is 2.